The Morgan fingerprint density at radius 1 is 1.04 bits per heavy atom. The lowest BCUT2D eigenvalue weighted by atomic mass is 10.0. The van der Waals surface area contributed by atoms with Crippen LogP contribution in [0, 0.1) is 20.8 Å². The van der Waals surface area contributed by atoms with Gasteiger partial charge in [-0.1, -0.05) is 0 Å². The Balaban J connectivity index is 1.49. The van der Waals surface area contributed by atoms with Crippen LogP contribution in [-0.4, -0.2) is 19.0 Å². The fraction of sp³-hybridized carbons (Fsp3) is 0.348. The van der Waals surface area contributed by atoms with Crippen molar-refractivity contribution in [2.24, 2.45) is 0 Å². The van der Waals surface area contributed by atoms with E-state index in [0.29, 0.717) is 6.42 Å². The number of aryl methyl sites for hydroxylation is 3. The first-order valence-corrected chi connectivity index (χ1v) is 9.64. The molecule has 0 aliphatic carbocycles. The number of hydrogen-bond acceptors (Lipinski definition) is 3. The molecule has 0 atom stereocenters. The van der Waals surface area contributed by atoms with Crippen molar-refractivity contribution in [3.05, 3.63) is 58.8 Å². The monoisotopic (exact) mass is 362 g/mol. The van der Waals surface area contributed by atoms with Crippen LogP contribution in [0.15, 0.2) is 41.0 Å². The molecule has 27 heavy (non-hydrogen) atoms. The average Bonchev–Trinajstić information content (AvgIpc) is 3.29. The standard InChI is InChI=1S/C23H26N2O2/c1-15-11-20-18(14-27-22(20)12-16(15)2)13-23(26)24-21-7-6-19(10-17(21)3)25-8-4-5-9-25/h6-7,10-12,14H,4-5,8-9,13H2,1-3H3,(H,24,26). The van der Waals surface area contributed by atoms with Crippen molar-refractivity contribution in [1.29, 1.82) is 0 Å². The fourth-order valence-corrected chi connectivity index (χ4v) is 3.80. The molecule has 3 aromatic rings. The van der Waals surface area contributed by atoms with Crippen LogP contribution in [0.5, 0.6) is 0 Å². The van der Waals surface area contributed by atoms with Gasteiger partial charge in [0.1, 0.15) is 5.58 Å². The van der Waals surface area contributed by atoms with Crippen LogP contribution < -0.4 is 10.2 Å². The second kappa shape index (κ2) is 7.10. The number of amides is 1. The Kier molecular flexibility index (Phi) is 4.65. The molecule has 2 heterocycles. The minimum Gasteiger partial charge on any atom is -0.464 e. The molecule has 0 spiro atoms. The summed E-state index contributed by atoms with van der Waals surface area (Å²) in [5.41, 5.74) is 7.39. The number of carbonyl (C=O) groups is 1. The van der Waals surface area contributed by atoms with E-state index in [1.165, 1.54) is 29.7 Å². The van der Waals surface area contributed by atoms with E-state index >= 15 is 0 Å². The summed E-state index contributed by atoms with van der Waals surface area (Å²) in [6.07, 6.45) is 4.53. The quantitative estimate of drug-likeness (QED) is 0.699. The number of nitrogens with one attached hydrogen (secondary N) is 1. The molecule has 0 saturated carbocycles. The molecule has 1 aliphatic heterocycles. The lowest BCUT2D eigenvalue weighted by Crippen LogP contribution is -2.18. The first-order valence-electron chi connectivity index (χ1n) is 9.64. The highest BCUT2D eigenvalue weighted by Gasteiger charge is 2.15. The molecule has 140 valence electrons. The summed E-state index contributed by atoms with van der Waals surface area (Å²) in [4.78, 5) is 15.0. The number of nitrogens with zero attached hydrogens (tertiary/aromatic N) is 1. The van der Waals surface area contributed by atoms with Gasteiger partial charge in [-0.3, -0.25) is 4.79 Å². The van der Waals surface area contributed by atoms with E-state index in [0.717, 1.165) is 40.9 Å². The zero-order valence-electron chi connectivity index (χ0n) is 16.3. The third-order valence-electron chi connectivity index (χ3n) is 5.58. The number of hydrogen-bond donors (Lipinski definition) is 1. The minimum atomic E-state index is -0.0204. The molecular formula is C23H26N2O2. The SMILES string of the molecule is Cc1cc2occ(CC(=O)Nc3ccc(N4CCCC4)cc3C)c2cc1C. The highest BCUT2D eigenvalue weighted by atomic mass is 16.3. The first-order chi connectivity index (χ1) is 13.0. The van der Waals surface area contributed by atoms with E-state index < -0.39 is 0 Å². The molecule has 1 aromatic heterocycles. The molecule has 0 bridgehead atoms. The van der Waals surface area contributed by atoms with Crippen molar-refractivity contribution in [3.63, 3.8) is 0 Å². The molecule has 4 rings (SSSR count). The summed E-state index contributed by atoms with van der Waals surface area (Å²) in [5, 5.41) is 4.08. The summed E-state index contributed by atoms with van der Waals surface area (Å²) in [6, 6.07) is 10.4. The van der Waals surface area contributed by atoms with Gasteiger partial charge in [0.2, 0.25) is 5.91 Å². The lowest BCUT2D eigenvalue weighted by Gasteiger charge is -2.19. The molecule has 4 nitrogen and oxygen atoms in total. The van der Waals surface area contributed by atoms with E-state index in [1.54, 1.807) is 6.26 Å². The van der Waals surface area contributed by atoms with E-state index in [4.69, 9.17) is 4.42 Å². The summed E-state index contributed by atoms with van der Waals surface area (Å²) in [6.45, 7) is 8.44. The minimum absolute atomic E-state index is 0.0204. The van der Waals surface area contributed by atoms with Crippen LogP contribution in [0.2, 0.25) is 0 Å². The summed E-state index contributed by atoms with van der Waals surface area (Å²) < 4.78 is 5.65. The van der Waals surface area contributed by atoms with Crippen molar-refractivity contribution in [2.75, 3.05) is 23.3 Å². The third kappa shape index (κ3) is 3.57. The van der Waals surface area contributed by atoms with Crippen molar-refractivity contribution in [2.45, 2.75) is 40.0 Å². The fourth-order valence-electron chi connectivity index (χ4n) is 3.80. The first kappa shape index (κ1) is 17.7. The van der Waals surface area contributed by atoms with Gasteiger partial charge in [-0.05, 0) is 80.6 Å². The van der Waals surface area contributed by atoms with Gasteiger partial charge in [0, 0.05) is 35.4 Å². The Labute approximate surface area is 160 Å². The predicted molar refractivity (Wildman–Crippen MR) is 111 cm³/mol. The summed E-state index contributed by atoms with van der Waals surface area (Å²) in [7, 11) is 0. The van der Waals surface area contributed by atoms with Gasteiger partial charge in [-0.25, -0.2) is 0 Å². The highest BCUT2D eigenvalue weighted by molar-refractivity contribution is 5.96. The summed E-state index contributed by atoms with van der Waals surface area (Å²) in [5.74, 6) is -0.0204. The zero-order valence-corrected chi connectivity index (χ0v) is 16.3. The summed E-state index contributed by atoms with van der Waals surface area (Å²) >= 11 is 0. The molecule has 1 saturated heterocycles. The van der Waals surface area contributed by atoms with E-state index in [2.05, 4.69) is 49.2 Å². The Hall–Kier alpha value is -2.75. The Morgan fingerprint density at radius 2 is 1.78 bits per heavy atom. The number of furan rings is 1. The number of carbonyl (C=O) groups excluding carboxylic acids is 1. The smallest absolute Gasteiger partial charge is 0.228 e. The third-order valence-corrected chi connectivity index (χ3v) is 5.58. The van der Waals surface area contributed by atoms with Crippen LogP contribution in [-0.2, 0) is 11.2 Å². The van der Waals surface area contributed by atoms with Gasteiger partial charge in [-0.15, -0.1) is 0 Å². The Morgan fingerprint density at radius 3 is 2.52 bits per heavy atom. The van der Waals surface area contributed by atoms with Crippen LogP contribution in [0.25, 0.3) is 11.0 Å². The maximum absolute atomic E-state index is 12.6. The number of rotatable bonds is 4. The van der Waals surface area contributed by atoms with Crippen LogP contribution in [0.4, 0.5) is 11.4 Å². The van der Waals surface area contributed by atoms with Crippen molar-refractivity contribution >= 4 is 28.3 Å². The molecule has 4 heteroatoms. The molecule has 2 aromatic carbocycles. The molecule has 1 N–H and O–H groups in total. The zero-order chi connectivity index (χ0) is 19.0. The molecular weight excluding hydrogens is 336 g/mol. The van der Waals surface area contributed by atoms with E-state index in [1.807, 2.05) is 12.1 Å². The second-order valence-electron chi connectivity index (χ2n) is 7.61. The number of benzene rings is 2. The van der Waals surface area contributed by atoms with Crippen molar-refractivity contribution in [3.8, 4) is 0 Å². The van der Waals surface area contributed by atoms with Gasteiger partial charge in [0.05, 0.1) is 12.7 Å². The van der Waals surface area contributed by atoms with Gasteiger partial charge in [0.25, 0.3) is 0 Å². The van der Waals surface area contributed by atoms with Crippen molar-refractivity contribution in [1.82, 2.24) is 0 Å². The van der Waals surface area contributed by atoms with Crippen LogP contribution in [0.3, 0.4) is 0 Å². The van der Waals surface area contributed by atoms with E-state index in [9.17, 15) is 4.79 Å². The maximum Gasteiger partial charge on any atom is 0.228 e. The van der Waals surface area contributed by atoms with Crippen LogP contribution >= 0.6 is 0 Å². The van der Waals surface area contributed by atoms with E-state index in [-0.39, 0.29) is 5.91 Å². The van der Waals surface area contributed by atoms with Crippen molar-refractivity contribution < 1.29 is 9.21 Å². The highest BCUT2D eigenvalue weighted by Crippen LogP contribution is 2.27. The van der Waals surface area contributed by atoms with Gasteiger partial charge in [-0.2, -0.15) is 0 Å². The molecule has 0 unspecified atom stereocenters. The number of anilines is 2. The molecule has 1 aliphatic rings. The lowest BCUT2D eigenvalue weighted by molar-refractivity contribution is -0.115. The van der Waals surface area contributed by atoms with Gasteiger partial charge in [0.15, 0.2) is 0 Å². The molecule has 1 amide bonds. The number of fused-ring (bicyclic) bond motifs is 1. The molecule has 1 fully saturated rings. The largest absolute Gasteiger partial charge is 0.464 e. The van der Waals surface area contributed by atoms with Gasteiger partial charge >= 0.3 is 0 Å². The predicted octanol–water partition coefficient (Wildman–Crippen LogP) is 5.14. The maximum atomic E-state index is 12.6. The average molecular weight is 362 g/mol. The molecule has 0 radical (unpaired) electrons. The van der Waals surface area contributed by atoms with Gasteiger partial charge < -0.3 is 14.6 Å². The topological polar surface area (TPSA) is 45.5 Å². The van der Waals surface area contributed by atoms with Crippen LogP contribution in [0.1, 0.15) is 35.1 Å². The normalized spacial score (nSPS) is 14.1. The Bertz CT molecular complexity index is 997. The second-order valence-corrected chi connectivity index (χ2v) is 7.61.